The molecule has 15 nitrogen and oxygen atoms in total. The minimum Gasteiger partial charge on any atom is -0.479 e. The molecule has 6 aromatic rings. The molecule has 63 heavy (non-hydrogen) atoms. The van der Waals surface area contributed by atoms with Gasteiger partial charge in [-0.05, 0) is 96.1 Å². The number of carbonyl (C=O) groups is 6. The molecule has 0 spiro atoms. The van der Waals surface area contributed by atoms with Gasteiger partial charge in [0.1, 0.15) is 0 Å². The molecule has 4 atom stereocenters. The smallest absolute Gasteiger partial charge is 0.337 e. The van der Waals surface area contributed by atoms with Crippen molar-refractivity contribution in [1.29, 1.82) is 0 Å². The van der Waals surface area contributed by atoms with Crippen LogP contribution in [0.3, 0.4) is 0 Å². The highest BCUT2D eigenvalue weighted by molar-refractivity contribution is 5.99. The molecule has 0 saturated heterocycles. The van der Waals surface area contributed by atoms with Crippen molar-refractivity contribution in [3.63, 3.8) is 0 Å². The summed E-state index contributed by atoms with van der Waals surface area (Å²) in [5.41, 5.74) is 4.87. The summed E-state index contributed by atoms with van der Waals surface area (Å²) in [5.74, 6) is -6.22. The predicted octanol–water partition coefficient (Wildman–Crippen LogP) is 5.38. The molecule has 0 saturated carbocycles. The van der Waals surface area contributed by atoms with E-state index in [0.29, 0.717) is 16.7 Å². The van der Waals surface area contributed by atoms with Crippen LogP contribution in [0.15, 0.2) is 146 Å². The van der Waals surface area contributed by atoms with Crippen molar-refractivity contribution in [2.24, 2.45) is 0 Å². The van der Waals surface area contributed by atoms with Crippen molar-refractivity contribution in [3.05, 3.63) is 185 Å². The summed E-state index contributed by atoms with van der Waals surface area (Å²) >= 11 is 0. The Morgan fingerprint density at radius 2 is 1.02 bits per heavy atom. The summed E-state index contributed by atoms with van der Waals surface area (Å²) in [7, 11) is 0. The minimum absolute atomic E-state index is 0.0108. The number of aliphatic hydroxyl groups excluding tert-OH is 2. The van der Waals surface area contributed by atoms with Crippen LogP contribution in [0.4, 0.5) is 0 Å². The van der Waals surface area contributed by atoms with E-state index < -0.39 is 60.0 Å². The van der Waals surface area contributed by atoms with Crippen LogP contribution in [0.1, 0.15) is 58.1 Å². The normalized spacial score (nSPS) is 12.6. The monoisotopic (exact) mass is 853 g/mol. The Balaban J connectivity index is 0.000000238. The van der Waals surface area contributed by atoms with Gasteiger partial charge in [0, 0.05) is 22.9 Å². The van der Waals surface area contributed by atoms with Gasteiger partial charge in [-0.25, -0.2) is 19.2 Å². The van der Waals surface area contributed by atoms with Gasteiger partial charge in [0.25, 0.3) is 11.8 Å². The van der Waals surface area contributed by atoms with Gasteiger partial charge in [-0.15, -0.1) is 0 Å². The molecule has 8 N–H and O–H groups in total. The topological polar surface area (TPSA) is 261 Å². The van der Waals surface area contributed by atoms with E-state index in [0.717, 1.165) is 16.7 Å². The molecule has 0 unspecified atom stereocenters. The summed E-state index contributed by atoms with van der Waals surface area (Å²) in [5, 5.41) is 62.5. The maximum atomic E-state index is 12.9. The number of pyridine rings is 1. The Bertz CT molecular complexity index is 2600. The molecule has 5 aromatic carbocycles. The number of hydrogen-bond acceptors (Lipinski definition) is 9. The number of benzene rings is 5. The van der Waals surface area contributed by atoms with Crippen LogP contribution in [0.5, 0.6) is 0 Å². The van der Waals surface area contributed by atoms with Gasteiger partial charge in [-0.2, -0.15) is 0 Å². The number of aryl methyl sites for hydroxylation is 1. The average Bonchev–Trinajstić information content (AvgIpc) is 3.29. The van der Waals surface area contributed by atoms with Gasteiger partial charge in [0.05, 0.1) is 28.9 Å². The number of amides is 2. The molecule has 0 aliphatic carbocycles. The fraction of sp³-hybridized carbons (Fsp3) is 0.146. The van der Waals surface area contributed by atoms with Gasteiger partial charge < -0.3 is 41.3 Å². The molecular weight excluding hydrogens is 811 g/mol. The first-order valence-corrected chi connectivity index (χ1v) is 19.4. The number of rotatable bonds is 16. The van der Waals surface area contributed by atoms with Crippen LogP contribution in [0.25, 0.3) is 22.4 Å². The van der Waals surface area contributed by atoms with Crippen molar-refractivity contribution in [2.75, 3.05) is 0 Å². The largest absolute Gasteiger partial charge is 0.479 e. The van der Waals surface area contributed by atoms with Crippen LogP contribution in [-0.4, -0.2) is 95.6 Å². The Labute approximate surface area is 361 Å². The van der Waals surface area contributed by atoms with E-state index in [-0.39, 0.29) is 40.8 Å². The van der Waals surface area contributed by atoms with E-state index >= 15 is 0 Å². The molecule has 0 radical (unpaired) electrons. The highest BCUT2D eigenvalue weighted by Gasteiger charge is 2.29. The lowest BCUT2D eigenvalue weighted by Crippen LogP contribution is -2.48. The second-order valence-electron chi connectivity index (χ2n) is 14.3. The number of carbonyl (C=O) groups excluding carboxylic acids is 2. The van der Waals surface area contributed by atoms with Crippen LogP contribution in [0.2, 0.25) is 0 Å². The number of aromatic carboxylic acids is 2. The number of carboxylic acids is 4. The molecule has 322 valence electrons. The van der Waals surface area contributed by atoms with Gasteiger partial charge in [0.15, 0.2) is 12.2 Å². The molecular formula is C48H43N3O12. The zero-order chi connectivity index (χ0) is 45.6. The third-order valence-electron chi connectivity index (χ3n) is 9.85. The zero-order valence-corrected chi connectivity index (χ0v) is 33.7. The van der Waals surface area contributed by atoms with Crippen LogP contribution in [-0.2, 0) is 22.4 Å². The summed E-state index contributed by atoms with van der Waals surface area (Å²) in [6.07, 6.45) is -1.88. The number of carboxylic acid groups (broad SMARTS) is 4. The molecule has 2 amide bonds. The number of nitrogens with zero attached hydrogens (tertiary/aromatic N) is 1. The van der Waals surface area contributed by atoms with E-state index in [1.165, 1.54) is 42.6 Å². The number of aromatic nitrogens is 1. The van der Waals surface area contributed by atoms with Crippen molar-refractivity contribution in [1.82, 2.24) is 15.6 Å². The van der Waals surface area contributed by atoms with Crippen LogP contribution in [0, 0.1) is 6.92 Å². The molecule has 0 aliphatic rings. The molecule has 0 bridgehead atoms. The minimum atomic E-state index is -1.80. The summed E-state index contributed by atoms with van der Waals surface area (Å²) in [6, 6.07) is 36.2. The third-order valence-corrected chi connectivity index (χ3v) is 9.85. The number of nitrogens with one attached hydrogen (secondary N) is 2. The van der Waals surface area contributed by atoms with E-state index in [9.17, 15) is 59.4 Å². The van der Waals surface area contributed by atoms with Gasteiger partial charge in [-0.3, -0.25) is 14.6 Å². The maximum absolute atomic E-state index is 12.9. The Morgan fingerprint density at radius 1 is 0.524 bits per heavy atom. The van der Waals surface area contributed by atoms with Crippen molar-refractivity contribution in [3.8, 4) is 22.4 Å². The second kappa shape index (κ2) is 21.5. The molecule has 15 heteroatoms. The molecule has 1 aromatic heterocycles. The maximum Gasteiger partial charge on any atom is 0.337 e. The van der Waals surface area contributed by atoms with Crippen molar-refractivity contribution in [2.45, 2.75) is 44.1 Å². The molecule has 0 fully saturated rings. The van der Waals surface area contributed by atoms with Crippen molar-refractivity contribution >= 4 is 35.7 Å². The first kappa shape index (κ1) is 46.1. The quantitative estimate of drug-likeness (QED) is 0.0609. The highest BCUT2D eigenvalue weighted by Crippen LogP contribution is 2.26. The third kappa shape index (κ3) is 12.5. The van der Waals surface area contributed by atoms with E-state index in [4.69, 9.17) is 0 Å². The lowest BCUT2D eigenvalue weighted by molar-refractivity contribution is -0.148. The highest BCUT2D eigenvalue weighted by atomic mass is 16.4. The number of hydrogen-bond donors (Lipinski definition) is 8. The van der Waals surface area contributed by atoms with Gasteiger partial charge in [0.2, 0.25) is 0 Å². The predicted molar refractivity (Wildman–Crippen MR) is 230 cm³/mol. The molecule has 1 heterocycles. The van der Waals surface area contributed by atoms with Crippen LogP contribution >= 0.6 is 0 Å². The SMILES string of the molecule is Cc1ccc(C(=O)N[C@H](Cc2ccccc2)[C@@H](O)C(=O)O)cc1-c1cccc(C(=O)O)c1.O=C(N[C@H](Cc1ccccc1)[C@@H](O)C(=O)O)c1cccc(-c2ncccc2C(=O)O)c1. The zero-order valence-electron chi connectivity index (χ0n) is 33.7. The lowest BCUT2D eigenvalue weighted by Gasteiger charge is -2.22. The first-order chi connectivity index (χ1) is 30.1. The van der Waals surface area contributed by atoms with Crippen molar-refractivity contribution < 1.29 is 59.4 Å². The molecule has 6 rings (SSSR count). The van der Waals surface area contributed by atoms with E-state index in [1.807, 2.05) is 13.0 Å². The Kier molecular flexibility index (Phi) is 15.7. The van der Waals surface area contributed by atoms with E-state index in [2.05, 4.69) is 15.6 Å². The standard InChI is InChI=1S/C25H23NO6.C23H20N2O6/c1-15-10-11-18(14-20(15)17-8-5-9-19(13-17)24(29)30)23(28)26-21(22(27)25(31)32)12-16-6-3-2-4-7-16;26-20(23(30)31)18(12-14-6-2-1-3-7-14)25-21(27)16-9-4-8-15(13-16)19-17(22(28)29)10-5-11-24-19/h2-11,13-14,21-22,27H,12H2,1H3,(H,26,28)(H,29,30)(H,31,32);1-11,13,18,20,26H,12H2,(H,25,27)(H,28,29)(H,30,31)/t21-,22-;18-,20-/m11/s1. The van der Waals surface area contributed by atoms with Gasteiger partial charge in [-0.1, -0.05) is 91.0 Å². The average molecular weight is 854 g/mol. The fourth-order valence-corrected chi connectivity index (χ4v) is 6.58. The molecule has 0 aliphatic heterocycles. The summed E-state index contributed by atoms with van der Waals surface area (Å²) in [6.45, 7) is 1.84. The summed E-state index contributed by atoms with van der Waals surface area (Å²) < 4.78 is 0. The van der Waals surface area contributed by atoms with Crippen LogP contribution < -0.4 is 10.6 Å². The lowest BCUT2D eigenvalue weighted by atomic mass is 9.96. The summed E-state index contributed by atoms with van der Waals surface area (Å²) in [4.78, 5) is 75.3. The van der Waals surface area contributed by atoms with Gasteiger partial charge >= 0.3 is 23.9 Å². The Hall–Kier alpha value is -8.01. The second-order valence-corrected chi connectivity index (χ2v) is 14.3. The number of aliphatic hydroxyl groups is 2. The fourth-order valence-electron chi connectivity index (χ4n) is 6.58. The number of aliphatic carboxylic acids is 2. The Morgan fingerprint density at radius 3 is 1.52 bits per heavy atom. The first-order valence-electron chi connectivity index (χ1n) is 19.4. The van der Waals surface area contributed by atoms with E-state index in [1.54, 1.807) is 97.1 Å².